The third kappa shape index (κ3) is 5.46. The molecule has 7 nitrogen and oxygen atoms in total. The van der Waals surface area contributed by atoms with E-state index in [2.05, 4.69) is 0 Å². The van der Waals surface area contributed by atoms with Gasteiger partial charge in [0, 0.05) is 12.1 Å². The molecule has 1 unspecified atom stereocenters. The van der Waals surface area contributed by atoms with E-state index in [0.29, 0.717) is 40.5 Å². The summed E-state index contributed by atoms with van der Waals surface area (Å²) in [5.74, 6) is -0.601. The lowest BCUT2D eigenvalue weighted by molar-refractivity contribution is -0.140. The lowest BCUT2D eigenvalue weighted by Crippen LogP contribution is -2.29. The molecular weight excluding hydrogens is 501 g/mol. The summed E-state index contributed by atoms with van der Waals surface area (Å²) in [6.45, 7) is 6.23. The van der Waals surface area contributed by atoms with Crippen molar-refractivity contribution in [1.29, 1.82) is 0 Å². The molecule has 1 fully saturated rings. The van der Waals surface area contributed by atoms with Crippen molar-refractivity contribution in [3.8, 4) is 17.2 Å². The number of methoxy groups -OCH3 is 2. The summed E-state index contributed by atoms with van der Waals surface area (Å²) in [5.41, 5.74) is 2.38. The average Bonchev–Trinajstić information content (AvgIpc) is 3.18. The van der Waals surface area contributed by atoms with Crippen LogP contribution < -0.4 is 14.2 Å². The Morgan fingerprint density at radius 1 is 0.949 bits per heavy atom. The molecule has 0 bridgehead atoms. The number of carbonyl (C=O) groups is 2. The van der Waals surface area contributed by atoms with Gasteiger partial charge in [-0.15, -0.1) is 0 Å². The van der Waals surface area contributed by atoms with Gasteiger partial charge < -0.3 is 24.2 Å². The average molecular weight is 534 g/mol. The maximum Gasteiger partial charge on any atom is 0.295 e. The van der Waals surface area contributed by atoms with Gasteiger partial charge in [-0.1, -0.05) is 32.0 Å². The van der Waals surface area contributed by atoms with Crippen molar-refractivity contribution < 1.29 is 33.3 Å². The topological polar surface area (TPSA) is 85.3 Å². The number of likely N-dealkylation sites (tertiary alicyclic amines) is 1. The summed E-state index contributed by atoms with van der Waals surface area (Å²) in [7, 11) is 3.09. The molecule has 0 spiro atoms. The Kier molecular flexibility index (Phi) is 8.24. The molecule has 0 aliphatic carbocycles. The van der Waals surface area contributed by atoms with E-state index in [1.165, 1.54) is 24.1 Å². The Morgan fingerprint density at radius 2 is 1.62 bits per heavy atom. The maximum atomic E-state index is 13.6. The Balaban J connectivity index is 1.91. The standard InChI is InChI=1S/C31H32FNO6/c1-6-39-26-16-20(9-14-25(26)38-5)28-27(29(34)21-10-13-24(37-4)23(15-21)18(2)3)30(35)31(36)33(28)17-19-7-11-22(32)12-8-19/h7-16,18,28,34H,6,17H2,1-5H3/b29-27+. The number of ketones is 1. The fourth-order valence-electron chi connectivity index (χ4n) is 4.80. The summed E-state index contributed by atoms with van der Waals surface area (Å²) in [4.78, 5) is 28.3. The summed E-state index contributed by atoms with van der Waals surface area (Å²) < 4.78 is 30.2. The molecule has 1 aliphatic rings. The second-order valence-electron chi connectivity index (χ2n) is 9.51. The highest BCUT2D eigenvalue weighted by Crippen LogP contribution is 2.43. The predicted molar refractivity (Wildman–Crippen MR) is 145 cm³/mol. The number of hydrogen-bond donors (Lipinski definition) is 1. The van der Waals surface area contributed by atoms with Gasteiger partial charge in [0.2, 0.25) is 0 Å². The number of amides is 1. The smallest absolute Gasteiger partial charge is 0.295 e. The van der Waals surface area contributed by atoms with Crippen molar-refractivity contribution >= 4 is 17.4 Å². The minimum atomic E-state index is -0.926. The van der Waals surface area contributed by atoms with E-state index in [1.807, 2.05) is 20.8 Å². The van der Waals surface area contributed by atoms with Crippen LogP contribution in [0.25, 0.3) is 5.76 Å². The maximum absolute atomic E-state index is 13.6. The molecule has 1 heterocycles. The van der Waals surface area contributed by atoms with Crippen LogP contribution in [0.3, 0.4) is 0 Å². The lowest BCUT2D eigenvalue weighted by atomic mass is 9.93. The quantitative estimate of drug-likeness (QED) is 0.207. The van der Waals surface area contributed by atoms with Gasteiger partial charge in [-0.25, -0.2) is 4.39 Å². The van der Waals surface area contributed by atoms with Gasteiger partial charge in [-0.05, 0) is 72.0 Å². The number of rotatable bonds is 9. The number of ether oxygens (including phenoxy) is 3. The van der Waals surface area contributed by atoms with Gasteiger partial charge in [0.05, 0.1) is 32.4 Å². The van der Waals surface area contributed by atoms with Crippen molar-refractivity contribution in [1.82, 2.24) is 4.90 Å². The van der Waals surface area contributed by atoms with E-state index in [4.69, 9.17) is 14.2 Å². The minimum Gasteiger partial charge on any atom is -0.507 e. The largest absolute Gasteiger partial charge is 0.507 e. The van der Waals surface area contributed by atoms with Gasteiger partial charge in [0.15, 0.2) is 11.5 Å². The molecule has 1 aliphatic heterocycles. The van der Waals surface area contributed by atoms with Crippen LogP contribution in [0.4, 0.5) is 4.39 Å². The van der Waals surface area contributed by atoms with Crippen molar-refractivity contribution in [3.63, 3.8) is 0 Å². The van der Waals surface area contributed by atoms with Crippen molar-refractivity contribution in [2.45, 2.75) is 39.3 Å². The van der Waals surface area contributed by atoms with Crippen molar-refractivity contribution in [2.24, 2.45) is 0 Å². The first-order chi connectivity index (χ1) is 18.7. The van der Waals surface area contributed by atoms with Crippen LogP contribution in [0.1, 0.15) is 55.0 Å². The van der Waals surface area contributed by atoms with E-state index in [0.717, 1.165) is 5.56 Å². The Labute approximate surface area is 227 Å². The van der Waals surface area contributed by atoms with Gasteiger partial charge in [-0.2, -0.15) is 0 Å². The molecule has 1 saturated heterocycles. The Bertz CT molecular complexity index is 1410. The van der Waals surface area contributed by atoms with Crippen molar-refractivity contribution in [2.75, 3.05) is 20.8 Å². The molecule has 39 heavy (non-hydrogen) atoms. The van der Waals surface area contributed by atoms with Gasteiger partial charge in [0.1, 0.15) is 17.3 Å². The normalized spacial score (nSPS) is 16.6. The van der Waals surface area contributed by atoms with E-state index in [9.17, 15) is 19.1 Å². The fraction of sp³-hybridized carbons (Fsp3) is 0.290. The molecule has 1 atom stereocenters. The van der Waals surface area contributed by atoms with Crippen LogP contribution in [0, 0.1) is 5.82 Å². The number of nitrogens with zero attached hydrogens (tertiary/aromatic N) is 1. The molecule has 204 valence electrons. The van der Waals surface area contributed by atoms with Crippen LogP contribution >= 0.6 is 0 Å². The van der Waals surface area contributed by atoms with Crippen LogP contribution in [0.5, 0.6) is 17.2 Å². The highest BCUT2D eigenvalue weighted by atomic mass is 19.1. The molecule has 0 saturated carbocycles. The van der Waals surface area contributed by atoms with Gasteiger partial charge in [0.25, 0.3) is 11.7 Å². The molecular formula is C31H32FNO6. The summed E-state index contributed by atoms with van der Waals surface area (Å²) in [6, 6.07) is 15.1. The van der Waals surface area contributed by atoms with Crippen LogP contribution in [-0.4, -0.2) is 42.5 Å². The first-order valence-electron chi connectivity index (χ1n) is 12.7. The Morgan fingerprint density at radius 3 is 2.23 bits per heavy atom. The highest BCUT2D eigenvalue weighted by Gasteiger charge is 2.46. The first kappa shape index (κ1) is 27.7. The minimum absolute atomic E-state index is 0.0299. The van der Waals surface area contributed by atoms with Crippen molar-refractivity contribution in [3.05, 3.63) is 94.3 Å². The molecule has 0 aromatic heterocycles. The molecule has 3 aromatic carbocycles. The van der Waals surface area contributed by atoms with E-state index < -0.39 is 23.5 Å². The monoisotopic (exact) mass is 533 g/mol. The molecule has 4 rings (SSSR count). The SMILES string of the molecule is CCOc1cc(C2/C(=C(\O)c3ccc(OC)c(C(C)C)c3)C(=O)C(=O)N2Cc2ccc(F)cc2)ccc1OC. The number of aliphatic hydroxyl groups is 1. The summed E-state index contributed by atoms with van der Waals surface area (Å²) in [6.07, 6.45) is 0. The highest BCUT2D eigenvalue weighted by molar-refractivity contribution is 6.46. The summed E-state index contributed by atoms with van der Waals surface area (Å²) in [5, 5.41) is 11.5. The third-order valence-corrected chi connectivity index (χ3v) is 6.73. The number of aliphatic hydroxyl groups excluding tert-OH is 1. The van der Waals surface area contributed by atoms with Crippen LogP contribution in [-0.2, 0) is 16.1 Å². The molecule has 1 amide bonds. The zero-order valence-electron chi connectivity index (χ0n) is 22.7. The predicted octanol–water partition coefficient (Wildman–Crippen LogP) is 5.99. The first-order valence-corrected chi connectivity index (χ1v) is 12.7. The van der Waals surface area contributed by atoms with Crippen LogP contribution in [0.15, 0.2) is 66.2 Å². The van der Waals surface area contributed by atoms with Gasteiger partial charge in [-0.3, -0.25) is 9.59 Å². The number of benzene rings is 3. The fourth-order valence-corrected chi connectivity index (χ4v) is 4.80. The second-order valence-corrected chi connectivity index (χ2v) is 9.51. The lowest BCUT2D eigenvalue weighted by Gasteiger charge is -2.26. The van der Waals surface area contributed by atoms with E-state index >= 15 is 0 Å². The number of halogens is 1. The number of hydrogen-bond acceptors (Lipinski definition) is 6. The van der Waals surface area contributed by atoms with E-state index in [-0.39, 0.29) is 23.8 Å². The van der Waals surface area contributed by atoms with Gasteiger partial charge >= 0.3 is 0 Å². The zero-order chi connectivity index (χ0) is 28.3. The van der Waals surface area contributed by atoms with E-state index in [1.54, 1.807) is 55.6 Å². The second kappa shape index (κ2) is 11.6. The van der Waals surface area contributed by atoms with Crippen LogP contribution in [0.2, 0.25) is 0 Å². The molecule has 1 N–H and O–H groups in total. The Hall–Kier alpha value is -4.33. The zero-order valence-corrected chi connectivity index (χ0v) is 22.7. The molecule has 8 heteroatoms. The molecule has 3 aromatic rings. The summed E-state index contributed by atoms with van der Waals surface area (Å²) >= 11 is 0. The molecule has 0 radical (unpaired) electrons. The third-order valence-electron chi connectivity index (χ3n) is 6.73. The number of carbonyl (C=O) groups excluding carboxylic acids is 2. The number of Topliss-reactive ketones (excluding diaryl/α,β-unsaturated/α-hetero) is 1.